The molecule has 0 fully saturated rings. The minimum absolute atomic E-state index is 0.582. The fourth-order valence-electron chi connectivity index (χ4n) is 2.16. The van der Waals surface area contributed by atoms with Gasteiger partial charge in [-0.2, -0.15) is 5.26 Å². The second kappa shape index (κ2) is 6.23. The van der Waals surface area contributed by atoms with Gasteiger partial charge in [0.2, 0.25) is 0 Å². The Morgan fingerprint density at radius 3 is 2.15 bits per heavy atom. The molecule has 3 heteroatoms. The highest BCUT2D eigenvalue weighted by Gasteiger charge is 2.27. The Labute approximate surface area is 120 Å². The lowest BCUT2D eigenvalue weighted by molar-refractivity contribution is 0.526. The Kier molecular flexibility index (Phi) is 4.39. The van der Waals surface area contributed by atoms with Crippen LogP contribution in [0.25, 0.3) is 0 Å². The Bertz CT molecular complexity index is 574. The van der Waals surface area contributed by atoms with E-state index >= 15 is 0 Å². The van der Waals surface area contributed by atoms with Crippen molar-refractivity contribution in [2.75, 3.05) is 18.5 Å². The summed E-state index contributed by atoms with van der Waals surface area (Å²) in [4.78, 5) is 2.11. The first-order valence-corrected chi connectivity index (χ1v) is 6.67. The summed E-state index contributed by atoms with van der Waals surface area (Å²) in [5.41, 5.74) is 7.31. The lowest BCUT2D eigenvalue weighted by Crippen LogP contribution is -2.38. The van der Waals surface area contributed by atoms with E-state index < -0.39 is 5.54 Å². The van der Waals surface area contributed by atoms with Crippen LogP contribution >= 0.6 is 0 Å². The number of hydrogen-bond acceptors (Lipinski definition) is 3. The van der Waals surface area contributed by atoms with Crippen molar-refractivity contribution < 1.29 is 0 Å². The SMILES string of the molecule is CN(CCC(N)(C#N)c1ccccc1)c1ccccc1. The third-order valence-electron chi connectivity index (χ3n) is 3.53. The number of rotatable bonds is 5. The molecule has 0 aromatic heterocycles. The molecule has 2 aromatic rings. The molecule has 1 unspecified atom stereocenters. The van der Waals surface area contributed by atoms with Gasteiger partial charge < -0.3 is 10.6 Å². The first-order valence-electron chi connectivity index (χ1n) is 6.67. The normalized spacial score (nSPS) is 13.2. The molecule has 2 N–H and O–H groups in total. The monoisotopic (exact) mass is 265 g/mol. The van der Waals surface area contributed by atoms with Crippen LogP contribution in [0.2, 0.25) is 0 Å². The zero-order valence-electron chi connectivity index (χ0n) is 11.7. The van der Waals surface area contributed by atoms with Crippen molar-refractivity contribution in [3.63, 3.8) is 0 Å². The summed E-state index contributed by atoms with van der Waals surface area (Å²) in [5, 5.41) is 9.43. The van der Waals surface area contributed by atoms with Crippen molar-refractivity contribution in [2.45, 2.75) is 12.0 Å². The summed E-state index contributed by atoms with van der Waals surface area (Å²) >= 11 is 0. The van der Waals surface area contributed by atoms with Crippen LogP contribution < -0.4 is 10.6 Å². The third-order valence-corrected chi connectivity index (χ3v) is 3.53. The number of nitriles is 1. The number of nitrogens with two attached hydrogens (primary N) is 1. The summed E-state index contributed by atoms with van der Waals surface area (Å²) in [7, 11) is 2.01. The van der Waals surface area contributed by atoms with Gasteiger partial charge in [0.05, 0.1) is 6.07 Å². The van der Waals surface area contributed by atoms with Gasteiger partial charge in [0.1, 0.15) is 5.54 Å². The highest BCUT2D eigenvalue weighted by molar-refractivity contribution is 5.45. The van der Waals surface area contributed by atoms with Crippen LogP contribution in [-0.2, 0) is 5.54 Å². The number of nitrogens with zero attached hydrogens (tertiary/aromatic N) is 2. The van der Waals surface area contributed by atoms with Gasteiger partial charge in [-0.3, -0.25) is 0 Å². The number of benzene rings is 2. The van der Waals surface area contributed by atoms with Gasteiger partial charge in [0.15, 0.2) is 0 Å². The fourth-order valence-corrected chi connectivity index (χ4v) is 2.16. The van der Waals surface area contributed by atoms with E-state index in [1.807, 2.05) is 67.7 Å². The average Bonchev–Trinajstić information content (AvgIpc) is 2.54. The molecule has 0 aliphatic rings. The molecule has 0 spiro atoms. The van der Waals surface area contributed by atoms with Gasteiger partial charge in [-0.1, -0.05) is 48.5 Å². The maximum absolute atomic E-state index is 9.43. The first-order chi connectivity index (χ1) is 9.65. The molecule has 2 aromatic carbocycles. The van der Waals surface area contributed by atoms with E-state index in [9.17, 15) is 5.26 Å². The van der Waals surface area contributed by atoms with Crippen LogP contribution in [0.4, 0.5) is 5.69 Å². The van der Waals surface area contributed by atoms with Crippen LogP contribution in [0.5, 0.6) is 0 Å². The smallest absolute Gasteiger partial charge is 0.131 e. The van der Waals surface area contributed by atoms with Crippen molar-refractivity contribution in [2.24, 2.45) is 5.73 Å². The van der Waals surface area contributed by atoms with E-state index in [1.54, 1.807) is 0 Å². The molecule has 3 nitrogen and oxygen atoms in total. The lowest BCUT2D eigenvalue weighted by atomic mass is 9.89. The Morgan fingerprint density at radius 1 is 1.05 bits per heavy atom. The summed E-state index contributed by atoms with van der Waals surface area (Å²) < 4.78 is 0. The minimum Gasteiger partial charge on any atom is -0.374 e. The van der Waals surface area contributed by atoms with Gasteiger partial charge in [-0.15, -0.1) is 0 Å². The number of para-hydroxylation sites is 1. The summed E-state index contributed by atoms with van der Waals surface area (Å²) in [6.07, 6.45) is 0.582. The highest BCUT2D eigenvalue weighted by Crippen LogP contribution is 2.22. The predicted molar refractivity (Wildman–Crippen MR) is 82.2 cm³/mol. The van der Waals surface area contributed by atoms with Crippen LogP contribution in [0, 0.1) is 11.3 Å². The van der Waals surface area contributed by atoms with Gasteiger partial charge in [0.25, 0.3) is 0 Å². The molecule has 0 aliphatic heterocycles. The van der Waals surface area contributed by atoms with Crippen molar-refractivity contribution in [1.29, 1.82) is 5.26 Å². The van der Waals surface area contributed by atoms with E-state index in [-0.39, 0.29) is 0 Å². The molecule has 20 heavy (non-hydrogen) atoms. The van der Waals surface area contributed by atoms with Crippen LogP contribution in [0.15, 0.2) is 60.7 Å². The molecular formula is C17H19N3. The predicted octanol–water partition coefficient (Wildman–Crippen LogP) is 2.89. The summed E-state index contributed by atoms with van der Waals surface area (Å²) in [6, 6.07) is 21.9. The molecule has 0 saturated carbocycles. The van der Waals surface area contributed by atoms with Crippen LogP contribution in [-0.4, -0.2) is 13.6 Å². The van der Waals surface area contributed by atoms with Gasteiger partial charge in [-0.25, -0.2) is 0 Å². The van der Waals surface area contributed by atoms with E-state index in [2.05, 4.69) is 11.0 Å². The van der Waals surface area contributed by atoms with Crippen LogP contribution in [0.3, 0.4) is 0 Å². The first kappa shape index (κ1) is 14.1. The zero-order valence-corrected chi connectivity index (χ0v) is 11.7. The second-order valence-corrected chi connectivity index (χ2v) is 4.96. The number of hydrogen-bond donors (Lipinski definition) is 1. The minimum atomic E-state index is -0.940. The fraction of sp³-hybridized carbons (Fsp3) is 0.235. The van der Waals surface area contributed by atoms with Crippen molar-refractivity contribution in [3.8, 4) is 6.07 Å². The molecule has 0 saturated heterocycles. The molecule has 0 radical (unpaired) electrons. The van der Waals surface area contributed by atoms with E-state index in [1.165, 1.54) is 0 Å². The van der Waals surface area contributed by atoms with E-state index in [0.29, 0.717) is 6.42 Å². The highest BCUT2D eigenvalue weighted by atomic mass is 15.1. The maximum atomic E-state index is 9.43. The summed E-state index contributed by atoms with van der Waals surface area (Å²) in [5.74, 6) is 0. The lowest BCUT2D eigenvalue weighted by Gasteiger charge is -2.26. The second-order valence-electron chi connectivity index (χ2n) is 4.96. The molecule has 1 atom stereocenters. The van der Waals surface area contributed by atoms with Crippen molar-refractivity contribution in [3.05, 3.63) is 66.2 Å². The molecule has 2 rings (SSSR count). The number of anilines is 1. The van der Waals surface area contributed by atoms with Gasteiger partial charge >= 0.3 is 0 Å². The van der Waals surface area contributed by atoms with Crippen molar-refractivity contribution >= 4 is 5.69 Å². The molecule has 102 valence electrons. The molecule has 0 amide bonds. The van der Waals surface area contributed by atoms with Crippen LogP contribution in [0.1, 0.15) is 12.0 Å². The third kappa shape index (κ3) is 3.17. The maximum Gasteiger partial charge on any atom is 0.131 e. The van der Waals surface area contributed by atoms with Gasteiger partial charge in [-0.05, 0) is 17.7 Å². The van der Waals surface area contributed by atoms with E-state index in [4.69, 9.17) is 5.73 Å². The zero-order chi connectivity index (χ0) is 14.4. The molecule has 0 aliphatic carbocycles. The quantitative estimate of drug-likeness (QED) is 0.904. The van der Waals surface area contributed by atoms with Crippen molar-refractivity contribution in [1.82, 2.24) is 0 Å². The Hall–Kier alpha value is -2.31. The molecule has 0 heterocycles. The molecular weight excluding hydrogens is 246 g/mol. The Balaban J connectivity index is 2.07. The van der Waals surface area contributed by atoms with Gasteiger partial charge in [0, 0.05) is 25.7 Å². The average molecular weight is 265 g/mol. The van der Waals surface area contributed by atoms with E-state index in [0.717, 1.165) is 17.8 Å². The largest absolute Gasteiger partial charge is 0.374 e. The molecule has 0 bridgehead atoms. The summed E-state index contributed by atoms with van der Waals surface area (Å²) in [6.45, 7) is 0.725. The Morgan fingerprint density at radius 2 is 1.60 bits per heavy atom. The topological polar surface area (TPSA) is 53.0 Å². The standard InChI is InChI=1S/C17H19N3/c1-20(16-10-6-3-7-11-16)13-12-17(19,14-18)15-8-4-2-5-9-15/h2-11H,12-13,19H2,1H3.